The molecule has 1 aliphatic heterocycles. The van der Waals surface area contributed by atoms with E-state index in [9.17, 15) is 18.0 Å². The van der Waals surface area contributed by atoms with Gasteiger partial charge in [-0.2, -0.15) is 13.2 Å². The van der Waals surface area contributed by atoms with Gasteiger partial charge < -0.3 is 15.4 Å². The largest absolute Gasteiger partial charge is 0.484 e. The van der Waals surface area contributed by atoms with Crippen molar-refractivity contribution in [1.82, 2.24) is 5.32 Å². The van der Waals surface area contributed by atoms with E-state index in [1.165, 1.54) is 24.3 Å². The highest BCUT2D eigenvalue weighted by Crippen LogP contribution is 2.22. The minimum Gasteiger partial charge on any atom is -0.484 e. The number of nitrogens with one attached hydrogen (secondary N) is 2. The molecule has 1 aliphatic rings. The Morgan fingerprint density at radius 2 is 2.00 bits per heavy atom. The SMILES string of the molecule is CC(C(=O)Nc1ccc(OCC(F)(F)F)cc1)C1CNC1. The van der Waals surface area contributed by atoms with Gasteiger partial charge in [0.15, 0.2) is 6.61 Å². The van der Waals surface area contributed by atoms with Gasteiger partial charge in [-0.25, -0.2) is 0 Å². The Labute approximate surface area is 120 Å². The van der Waals surface area contributed by atoms with Crippen LogP contribution in [0, 0.1) is 11.8 Å². The maximum atomic E-state index is 12.0. The number of rotatable bonds is 5. The van der Waals surface area contributed by atoms with E-state index in [0.29, 0.717) is 11.6 Å². The van der Waals surface area contributed by atoms with Gasteiger partial charge in [0.1, 0.15) is 5.75 Å². The van der Waals surface area contributed by atoms with Crippen molar-refractivity contribution in [2.24, 2.45) is 11.8 Å². The summed E-state index contributed by atoms with van der Waals surface area (Å²) >= 11 is 0. The van der Waals surface area contributed by atoms with Crippen LogP contribution in [0.2, 0.25) is 0 Å². The molecule has 2 rings (SSSR count). The van der Waals surface area contributed by atoms with Crippen LogP contribution in [-0.2, 0) is 4.79 Å². The summed E-state index contributed by atoms with van der Waals surface area (Å²) in [4.78, 5) is 12.0. The van der Waals surface area contributed by atoms with Crippen molar-refractivity contribution in [2.45, 2.75) is 13.1 Å². The van der Waals surface area contributed by atoms with Crippen molar-refractivity contribution in [3.8, 4) is 5.75 Å². The molecule has 1 fully saturated rings. The summed E-state index contributed by atoms with van der Waals surface area (Å²) in [5.41, 5.74) is 0.540. The van der Waals surface area contributed by atoms with Gasteiger partial charge in [0.25, 0.3) is 0 Å². The number of alkyl halides is 3. The van der Waals surface area contributed by atoms with Crippen LogP contribution in [0.1, 0.15) is 6.92 Å². The van der Waals surface area contributed by atoms with Gasteiger partial charge in [-0.3, -0.25) is 4.79 Å². The van der Waals surface area contributed by atoms with Crippen LogP contribution < -0.4 is 15.4 Å². The Morgan fingerprint density at radius 1 is 1.38 bits per heavy atom. The third kappa shape index (κ3) is 4.63. The van der Waals surface area contributed by atoms with E-state index in [0.717, 1.165) is 13.1 Å². The van der Waals surface area contributed by atoms with Crippen molar-refractivity contribution in [2.75, 3.05) is 25.0 Å². The third-order valence-corrected chi connectivity index (χ3v) is 3.46. The molecule has 0 saturated carbocycles. The molecule has 1 aromatic rings. The van der Waals surface area contributed by atoms with Gasteiger partial charge in [-0.1, -0.05) is 6.92 Å². The van der Waals surface area contributed by atoms with E-state index in [1.807, 2.05) is 6.92 Å². The summed E-state index contributed by atoms with van der Waals surface area (Å²) in [5, 5.41) is 5.85. The van der Waals surface area contributed by atoms with Crippen LogP contribution in [0.15, 0.2) is 24.3 Å². The summed E-state index contributed by atoms with van der Waals surface area (Å²) in [5.74, 6) is 0.249. The standard InChI is InChI=1S/C14H17F3N2O2/c1-9(10-6-18-7-10)13(20)19-11-2-4-12(5-3-11)21-8-14(15,16)17/h2-5,9-10,18H,6-8H2,1H3,(H,19,20). The smallest absolute Gasteiger partial charge is 0.422 e. The Bertz CT molecular complexity index is 484. The van der Waals surface area contributed by atoms with Crippen LogP contribution in [0.5, 0.6) is 5.75 Å². The number of carbonyl (C=O) groups is 1. The lowest BCUT2D eigenvalue weighted by molar-refractivity contribution is -0.153. The number of hydrogen-bond acceptors (Lipinski definition) is 3. The lowest BCUT2D eigenvalue weighted by atomic mass is 9.88. The molecule has 1 saturated heterocycles. The molecule has 1 amide bonds. The van der Waals surface area contributed by atoms with E-state index in [1.54, 1.807) is 0 Å². The number of benzene rings is 1. The fourth-order valence-corrected chi connectivity index (χ4v) is 1.93. The van der Waals surface area contributed by atoms with Gasteiger partial charge in [0.2, 0.25) is 5.91 Å². The third-order valence-electron chi connectivity index (χ3n) is 3.46. The number of halogens is 3. The second-order valence-corrected chi connectivity index (χ2v) is 5.12. The van der Waals surface area contributed by atoms with E-state index in [-0.39, 0.29) is 17.6 Å². The molecule has 1 aromatic carbocycles. The molecule has 2 N–H and O–H groups in total. The second kappa shape index (κ2) is 6.34. The minimum atomic E-state index is -4.36. The normalized spacial score (nSPS) is 17.0. The molecule has 0 radical (unpaired) electrons. The molecular formula is C14H17F3N2O2. The molecule has 4 nitrogen and oxygen atoms in total. The van der Waals surface area contributed by atoms with Crippen molar-refractivity contribution < 1.29 is 22.7 Å². The monoisotopic (exact) mass is 302 g/mol. The van der Waals surface area contributed by atoms with Crippen LogP contribution in [0.3, 0.4) is 0 Å². The molecule has 21 heavy (non-hydrogen) atoms. The average molecular weight is 302 g/mol. The lowest BCUT2D eigenvalue weighted by Crippen LogP contribution is -2.48. The zero-order valence-electron chi connectivity index (χ0n) is 11.5. The maximum absolute atomic E-state index is 12.0. The van der Waals surface area contributed by atoms with Crippen LogP contribution in [-0.4, -0.2) is 31.8 Å². The van der Waals surface area contributed by atoms with E-state index in [4.69, 9.17) is 0 Å². The quantitative estimate of drug-likeness (QED) is 0.878. The molecule has 1 heterocycles. The predicted octanol–water partition coefficient (Wildman–Crippen LogP) is 2.42. The maximum Gasteiger partial charge on any atom is 0.422 e. The highest BCUT2D eigenvalue weighted by molar-refractivity contribution is 5.92. The summed E-state index contributed by atoms with van der Waals surface area (Å²) < 4.78 is 40.6. The summed E-state index contributed by atoms with van der Waals surface area (Å²) in [7, 11) is 0. The molecule has 0 spiro atoms. The van der Waals surface area contributed by atoms with Crippen molar-refractivity contribution in [1.29, 1.82) is 0 Å². The first-order valence-electron chi connectivity index (χ1n) is 6.66. The predicted molar refractivity (Wildman–Crippen MR) is 72.1 cm³/mol. The number of hydrogen-bond donors (Lipinski definition) is 2. The second-order valence-electron chi connectivity index (χ2n) is 5.12. The van der Waals surface area contributed by atoms with Crippen molar-refractivity contribution in [3.05, 3.63) is 24.3 Å². The molecule has 1 atom stereocenters. The number of ether oxygens (including phenoxy) is 1. The van der Waals surface area contributed by atoms with Gasteiger partial charge >= 0.3 is 6.18 Å². The van der Waals surface area contributed by atoms with Crippen molar-refractivity contribution >= 4 is 11.6 Å². The summed E-state index contributed by atoms with van der Waals surface area (Å²) in [6, 6.07) is 5.85. The van der Waals surface area contributed by atoms with Crippen LogP contribution in [0.4, 0.5) is 18.9 Å². The van der Waals surface area contributed by atoms with E-state index in [2.05, 4.69) is 15.4 Å². The molecule has 0 aliphatic carbocycles. The zero-order valence-corrected chi connectivity index (χ0v) is 11.5. The molecule has 1 unspecified atom stereocenters. The summed E-state index contributed by atoms with van der Waals surface area (Å²) in [6.45, 7) is 2.20. The Hall–Kier alpha value is -1.76. The molecular weight excluding hydrogens is 285 g/mol. The summed E-state index contributed by atoms with van der Waals surface area (Å²) in [6.07, 6.45) is -4.36. The lowest BCUT2D eigenvalue weighted by Gasteiger charge is -2.31. The Kier molecular flexibility index (Phi) is 4.72. The first kappa shape index (κ1) is 15.6. The van der Waals surface area contributed by atoms with Gasteiger partial charge in [-0.05, 0) is 43.3 Å². The number of carbonyl (C=O) groups excluding carboxylic acids is 1. The van der Waals surface area contributed by atoms with Crippen molar-refractivity contribution in [3.63, 3.8) is 0 Å². The number of anilines is 1. The van der Waals surface area contributed by atoms with Gasteiger partial charge in [-0.15, -0.1) is 0 Å². The average Bonchev–Trinajstić information content (AvgIpc) is 2.35. The Balaban J connectivity index is 1.85. The van der Waals surface area contributed by atoms with Crippen LogP contribution >= 0.6 is 0 Å². The minimum absolute atomic E-state index is 0.0922. The highest BCUT2D eigenvalue weighted by atomic mass is 19.4. The fraction of sp³-hybridized carbons (Fsp3) is 0.500. The first-order valence-corrected chi connectivity index (χ1v) is 6.66. The molecule has 116 valence electrons. The van der Waals surface area contributed by atoms with E-state index < -0.39 is 12.8 Å². The fourth-order valence-electron chi connectivity index (χ4n) is 1.93. The first-order chi connectivity index (χ1) is 9.85. The Morgan fingerprint density at radius 3 is 2.48 bits per heavy atom. The number of amides is 1. The molecule has 7 heteroatoms. The molecule has 0 bridgehead atoms. The van der Waals surface area contributed by atoms with Gasteiger partial charge in [0.05, 0.1) is 0 Å². The highest BCUT2D eigenvalue weighted by Gasteiger charge is 2.29. The zero-order chi connectivity index (χ0) is 15.5. The van der Waals surface area contributed by atoms with E-state index >= 15 is 0 Å². The van der Waals surface area contributed by atoms with Crippen LogP contribution in [0.25, 0.3) is 0 Å². The topological polar surface area (TPSA) is 50.4 Å². The van der Waals surface area contributed by atoms with Gasteiger partial charge in [0, 0.05) is 11.6 Å². The molecule has 0 aromatic heterocycles.